The van der Waals surface area contributed by atoms with Gasteiger partial charge in [-0.15, -0.1) is 0 Å². The molecule has 1 rings (SSSR count). The van der Waals surface area contributed by atoms with Gasteiger partial charge in [0.15, 0.2) is 0 Å². The van der Waals surface area contributed by atoms with Crippen molar-refractivity contribution in [2.45, 2.75) is 39.7 Å². The molecule has 5 nitrogen and oxygen atoms in total. The smallest absolute Gasteiger partial charge is 0.251 e. The summed E-state index contributed by atoms with van der Waals surface area (Å²) >= 11 is 0. The minimum atomic E-state index is -0.190. The number of carbonyl (C=O) groups excluding carboxylic acids is 2. The van der Waals surface area contributed by atoms with Crippen molar-refractivity contribution in [3.05, 3.63) is 29.3 Å². The lowest BCUT2D eigenvalue weighted by Gasteiger charge is -2.11. The molecule has 2 amide bonds. The zero-order chi connectivity index (χ0) is 15.1. The van der Waals surface area contributed by atoms with E-state index in [4.69, 9.17) is 5.73 Å². The van der Waals surface area contributed by atoms with Crippen molar-refractivity contribution in [2.75, 3.05) is 12.3 Å². The lowest BCUT2D eigenvalue weighted by atomic mass is 10.1. The van der Waals surface area contributed by atoms with Crippen molar-refractivity contribution in [1.82, 2.24) is 10.6 Å². The molecule has 0 saturated heterocycles. The number of amides is 2. The maximum atomic E-state index is 11.9. The maximum absolute atomic E-state index is 11.9. The molecule has 0 aliphatic heterocycles. The summed E-state index contributed by atoms with van der Waals surface area (Å²) in [5.41, 5.74) is 7.79. The predicted molar refractivity (Wildman–Crippen MR) is 80.4 cm³/mol. The normalized spacial score (nSPS) is 11.8. The van der Waals surface area contributed by atoms with Gasteiger partial charge in [0.25, 0.3) is 5.91 Å². The van der Waals surface area contributed by atoms with E-state index in [9.17, 15) is 9.59 Å². The van der Waals surface area contributed by atoms with E-state index in [0.29, 0.717) is 17.8 Å². The van der Waals surface area contributed by atoms with Crippen LogP contribution in [0.15, 0.2) is 18.2 Å². The number of nitrogens with two attached hydrogens (primary N) is 1. The summed E-state index contributed by atoms with van der Waals surface area (Å²) in [4.78, 5) is 23.4. The first-order valence-electron chi connectivity index (χ1n) is 6.87. The number of nitrogens with one attached hydrogen (secondary N) is 2. The second-order valence-corrected chi connectivity index (χ2v) is 4.95. The fourth-order valence-corrected chi connectivity index (χ4v) is 1.66. The number of nitrogen functional groups attached to an aromatic ring is 1. The van der Waals surface area contributed by atoms with Gasteiger partial charge in [0, 0.05) is 30.3 Å². The van der Waals surface area contributed by atoms with Crippen molar-refractivity contribution in [3.8, 4) is 0 Å². The Bertz CT molecular complexity index is 486. The first-order valence-corrected chi connectivity index (χ1v) is 6.87. The number of carbonyl (C=O) groups is 2. The van der Waals surface area contributed by atoms with E-state index in [2.05, 4.69) is 10.6 Å². The maximum Gasteiger partial charge on any atom is 0.251 e. The first kappa shape index (κ1) is 16.0. The Labute approximate surface area is 119 Å². The number of hydrogen-bond donors (Lipinski definition) is 3. The summed E-state index contributed by atoms with van der Waals surface area (Å²) in [6.45, 7) is 6.14. The lowest BCUT2D eigenvalue weighted by Crippen LogP contribution is -2.35. The van der Waals surface area contributed by atoms with Gasteiger partial charge < -0.3 is 16.4 Å². The molecule has 0 radical (unpaired) electrons. The Hall–Kier alpha value is -2.04. The fraction of sp³-hybridized carbons (Fsp3) is 0.467. The molecule has 1 unspecified atom stereocenters. The average Bonchev–Trinajstić information content (AvgIpc) is 2.41. The van der Waals surface area contributed by atoms with Crippen LogP contribution in [-0.4, -0.2) is 24.4 Å². The summed E-state index contributed by atoms with van der Waals surface area (Å²) in [5, 5.41) is 5.58. The van der Waals surface area contributed by atoms with E-state index >= 15 is 0 Å². The van der Waals surface area contributed by atoms with Crippen LogP contribution in [0, 0.1) is 6.92 Å². The number of anilines is 1. The van der Waals surface area contributed by atoms with Crippen LogP contribution in [0.25, 0.3) is 0 Å². The Balaban J connectivity index is 2.40. The van der Waals surface area contributed by atoms with Crippen molar-refractivity contribution >= 4 is 17.5 Å². The second kappa shape index (κ2) is 7.53. The third kappa shape index (κ3) is 4.91. The molecule has 1 atom stereocenters. The van der Waals surface area contributed by atoms with Crippen molar-refractivity contribution in [3.63, 3.8) is 0 Å². The summed E-state index contributed by atoms with van der Waals surface area (Å²) in [5.74, 6) is -0.238. The van der Waals surface area contributed by atoms with Crippen molar-refractivity contribution in [2.24, 2.45) is 0 Å². The van der Waals surface area contributed by atoms with Gasteiger partial charge in [-0.2, -0.15) is 0 Å². The van der Waals surface area contributed by atoms with E-state index < -0.39 is 0 Å². The topological polar surface area (TPSA) is 84.2 Å². The van der Waals surface area contributed by atoms with E-state index in [1.54, 1.807) is 18.2 Å². The molecule has 0 saturated carbocycles. The van der Waals surface area contributed by atoms with Crippen LogP contribution in [0.5, 0.6) is 0 Å². The minimum Gasteiger partial charge on any atom is -0.399 e. The Morgan fingerprint density at radius 3 is 2.65 bits per heavy atom. The van der Waals surface area contributed by atoms with E-state index in [0.717, 1.165) is 12.0 Å². The first-order chi connectivity index (χ1) is 9.43. The molecule has 1 aromatic carbocycles. The largest absolute Gasteiger partial charge is 0.399 e. The molecule has 20 heavy (non-hydrogen) atoms. The molecule has 0 fully saturated rings. The van der Waals surface area contributed by atoms with Crippen LogP contribution in [0.3, 0.4) is 0 Å². The third-order valence-corrected chi connectivity index (χ3v) is 3.19. The van der Waals surface area contributed by atoms with E-state index in [1.165, 1.54) is 0 Å². The van der Waals surface area contributed by atoms with Gasteiger partial charge >= 0.3 is 0 Å². The number of aryl methyl sites for hydroxylation is 1. The van der Waals surface area contributed by atoms with Crippen LogP contribution < -0.4 is 16.4 Å². The Morgan fingerprint density at radius 1 is 1.35 bits per heavy atom. The van der Waals surface area contributed by atoms with Crippen molar-refractivity contribution in [1.29, 1.82) is 0 Å². The highest BCUT2D eigenvalue weighted by atomic mass is 16.2. The Kier molecular flexibility index (Phi) is 6.03. The molecular formula is C15H23N3O2. The van der Waals surface area contributed by atoms with Crippen LogP contribution in [-0.2, 0) is 4.79 Å². The summed E-state index contributed by atoms with van der Waals surface area (Å²) in [7, 11) is 0. The van der Waals surface area contributed by atoms with Crippen LogP contribution in [0.1, 0.15) is 42.6 Å². The molecule has 4 N–H and O–H groups in total. The summed E-state index contributed by atoms with van der Waals surface area (Å²) in [6, 6.07) is 5.29. The molecule has 5 heteroatoms. The molecule has 0 heterocycles. The zero-order valence-electron chi connectivity index (χ0n) is 12.3. The molecule has 0 aliphatic rings. The van der Waals surface area contributed by atoms with Crippen LogP contribution in [0.4, 0.5) is 5.69 Å². The average molecular weight is 277 g/mol. The number of hydrogen-bond acceptors (Lipinski definition) is 3. The summed E-state index contributed by atoms with van der Waals surface area (Å²) < 4.78 is 0. The predicted octanol–water partition coefficient (Wildman–Crippen LogP) is 1.61. The van der Waals surface area contributed by atoms with Gasteiger partial charge in [0.2, 0.25) is 5.91 Å². The fourth-order valence-electron chi connectivity index (χ4n) is 1.66. The molecule has 0 aliphatic carbocycles. The summed E-state index contributed by atoms with van der Waals surface area (Å²) in [6.07, 6.45) is 1.17. The van der Waals surface area contributed by atoms with E-state index in [-0.39, 0.29) is 24.3 Å². The standard InChI is InChI=1S/C15H23N3O2/c1-4-11(3)18-14(19)7-8-17-15(20)12-5-6-13(16)10(2)9-12/h5-6,9,11H,4,7-8,16H2,1-3H3,(H,17,20)(H,18,19). The van der Waals surface area contributed by atoms with Crippen molar-refractivity contribution < 1.29 is 9.59 Å². The minimum absolute atomic E-state index is 0.0480. The van der Waals surface area contributed by atoms with Gasteiger partial charge in [0.05, 0.1) is 0 Å². The monoisotopic (exact) mass is 277 g/mol. The lowest BCUT2D eigenvalue weighted by molar-refractivity contribution is -0.121. The highest BCUT2D eigenvalue weighted by molar-refractivity contribution is 5.95. The van der Waals surface area contributed by atoms with Gasteiger partial charge in [-0.1, -0.05) is 6.92 Å². The van der Waals surface area contributed by atoms with E-state index in [1.807, 2.05) is 20.8 Å². The highest BCUT2D eigenvalue weighted by Crippen LogP contribution is 2.12. The highest BCUT2D eigenvalue weighted by Gasteiger charge is 2.08. The SMILES string of the molecule is CCC(C)NC(=O)CCNC(=O)c1ccc(N)c(C)c1. The second-order valence-electron chi connectivity index (χ2n) is 4.95. The van der Waals surface area contributed by atoms with Crippen LogP contribution in [0.2, 0.25) is 0 Å². The zero-order valence-corrected chi connectivity index (χ0v) is 12.3. The third-order valence-electron chi connectivity index (χ3n) is 3.19. The number of rotatable bonds is 6. The molecular weight excluding hydrogens is 254 g/mol. The van der Waals surface area contributed by atoms with Gasteiger partial charge in [-0.25, -0.2) is 0 Å². The van der Waals surface area contributed by atoms with Gasteiger partial charge in [-0.3, -0.25) is 9.59 Å². The molecule has 0 aromatic heterocycles. The molecule has 0 spiro atoms. The number of benzene rings is 1. The quantitative estimate of drug-likeness (QED) is 0.691. The molecule has 110 valence electrons. The molecule has 0 bridgehead atoms. The van der Waals surface area contributed by atoms with Gasteiger partial charge in [0.1, 0.15) is 0 Å². The van der Waals surface area contributed by atoms with Gasteiger partial charge in [-0.05, 0) is 44.0 Å². The Morgan fingerprint density at radius 2 is 2.05 bits per heavy atom. The molecule has 1 aromatic rings. The van der Waals surface area contributed by atoms with Crippen LogP contribution >= 0.6 is 0 Å².